The topological polar surface area (TPSA) is 68.2 Å². The lowest BCUT2D eigenvalue weighted by atomic mass is 9.85. The zero-order chi connectivity index (χ0) is 22.4. The summed E-state index contributed by atoms with van der Waals surface area (Å²) in [5.74, 6) is 0.212. The second-order valence-corrected chi connectivity index (χ2v) is 8.96. The Morgan fingerprint density at radius 3 is 2.44 bits per heavy atom. The second-order valence-electron chi connectivity index (χ2n) is 8.15. The molecule has 0 unspecified atom stereocenters. The molecular weight excluding hydrogens is 451 g/mol. The van der Waals surface area contributed by atoms with Gasteiger partial charge in [0.15, 0.2) is 11.5 Å². The number of nitrogens with zero attached hydrogens (tertiary/aromatic N) is 2. The molecule has 0 aromatic heterocycles. The maximum Gasteiger partial charge on any atom is 0.254 e. The van der Waals surface area contributed by atoms with Crippen LogP contribution in [-0.4, -0.2) is 30.1 Å². The number of hydrazone groups is 1. The van der Waals surface area contributed by atoms with Crippen molar-refractivity contribution in [2.24, 2.45) is 28.8 Å². The first-order valence-corrected chi connectivity index (χ1v) is 11.1. The summed E-state index contributed by atoms with van der Waals surface area (Å²) in [5, 5.41) is 6.18. The lowest BCUT2D eigenvalue weighted by molar-refractivity contribution is -0.140. The van der Waals surface area contributed by atoms with Gasteiger partial charge in [-0.05, 0) is 48.1 Å². The summed E-state index contributed by atoms with van der Waals surface area (Å²) in [6.07, 6.45) is 6.47. The van der Waals surface area contributed by atoms with E-state index in [2.05, 4.69) is 17.3 Å². The Labute approximate surface area is 195 Å². The number of methoxy groups -OCH3 is 1. The predicted molar refractivity (Wildman–Crippen MR) is 121 cm³/mol. The van der Waals surface area contributed by atoms with Crippen LogP contribution in [0.4, 0.5) is 0 Å². The average molecular weight is 471 g/mol. The number of ether oxygens (including phenoxy) is 2. The van der Waals surface area contributed by atoms with Gasteiger partial charge in [-0.25, -0.2) is 0 Å². The van der Waals surface area contributed by atoms with E-state index >= 15 is 0 Å². The Hall–Kier alpha value is -2.83. The van der Waals surface area contributed by atoms with E-state index in [0.717, 1.165) is 17.0 Å². The number of hydrogen-bond donors (Lipinski definition) is 0. The maximum atomic E-state index is 12.9. The van der Waals surface area contributed by atoms with E-state index in [4.69, 9.17) is 32.7 Å². The van der Waals surface area contributed by atoms with Crippen molar-refractivity contribution < 1.29 is 19.1 Å². The number of imide groups is 1. The molecule has 0 N–H and O–H groups in total. The van der Waals surface area contributed by atoms with Gasteiger partial charge in [0, 0.05) is 5.56 Å². The molecule has 2 aromatic rings. The number of rotatable bonds is 6. The fourth-order valence-corrected chi connectivity index (χ4v) is 5.18. The summed E-state index contributed by atoms with van der Waals surface area (Å²) in [4.78, 5) is 25.7. The highest BCUT2D eigenvalue weighted by Gasteiger charge is 2.59. The average Bonchev–Trinajstić information content (AvgIpc) is 3.47. The van der Waals surface area contributed by atoms with Gasteiger partial charge in [-0.3, -0.25) is 9.59 Å². The molecule has 1 heterocycles. The highest BCUT2D eigenvalue weighted by atomic mass is 35.5. The van der Waals surface area contributed by atoms with Gasteiger partial charge < -0.3 is 9.47 Å². The number of halogens is 2. The fraction of sp³-hybridized carbons (Fsp3) is 0.292. The molecule has 2 aliphatic carbocycles. The van der Waals surface area contributed by atoms with Gasteiger partial charge in [0.25, 0.3) is 11.8 Å². The first-order valence-electron chi connectivity index (χ1n) is 10.3. The standard InChI is InChI=1S/C24H20Cl2N2O4/c1-31-19-4-2-3-16(22(19)32-12-13-5-8-17(25)18(26)9-13)11-27-28-23(29)20-14-6-7-15(10-14)21(20)24(28)30/h2-9,11,14-15,20-21H,10,12H2,1H3/t14-,15-,20-,21+/m0/s1. The molecule has 3 aliphatic rings. The van der Waals surface area contributed by atoms with Crippen molar-refractivity contribution in [2.75, 3.05) is 7.11 Å². The molecule has 2 amide bonds. The Morgan fingerprint density at radius 2 is 1.78 bits per heavy atom. The van der Waals surface area contributed by atoms with Crippen molar-refractivity contribution in [3.8, 4) is 11.5 Å². The van der Waals surface area contributed by atoms with Crippen LogP contribution in [0.2, 0.25) is 10.0 Å². The van der Waals surface area contributed by atoms with Crippen LogP contribution in [-0.2, 0) is 16.2 Å². The normalized spacial score (nSPS) is 25.8. The molecule has 0 radical (unpaired) electrons. The molecular formula is C24H20Cl2N2O4. The summed E-state index contributed by atoms with van der Waals surface area (Å²) >= 11 is 12.1. The Kier molecular flexibility index (Phi) is 5.43. The van der Waals surface area contributed by atoms with E-state index in [1.807, 2.05) is 6.07 Å². The van der Waals surface area contributed by atoms with Gasteiger partial charge >= 0.3 is 0 Å². The van der Waals surface area contributed by atoms with Gasteiger partial charge in [0.1, 0.15) is 6.61 Å². The van der Waals surface area contributed by atoms with E-state index < -0.39 is 0 Å². The van der Waals surface area contributed by atoms with E-state index in [9.17, 15) is 9.59 Å². The second kappa shape index (κ2) is 8.26. The molecule has 164 valence electrons. The van der Waals surface area contributed by atoms with Gasteiger partial charge in [-0.1, -0.05) is 47.5 Å². The molecule has 5 rings (SSSR count). The van der Waals surface area contributed by atoms with Crippen molar-refractivity contribution >= 4 is 41.2 Å². The molecule has 1 saturated heterocycles. The van der Waals surface area contributed by atoms with Crippen LogP contribution in [0.5, 0.6) is 11.5 Å². The maximum absolute atomic E-state index is 12.9. The lowest BCUT2D eigenvalue weighted by Gasteiger charge is -2.14. The predicted octanol–water partition coefficient (Wildman–Crippen LogP) is 4.72. The summed E-state index contributed by atoms with van der Waals surface area (Å²) in [6.45, 7) is 0.221. The molecule has 32 heavy (non-hydrogen) atoms. The molecule has 2 bridgehead atoms. The van der Waals surface area contributed by atoms with Crippen molar-refractivity contribution in [1.82, 2.24) is 5.01 Å². The third-order valence-corrected chi connectivity index (χ3v) is 7.09. The number of hydrogen-bond acceptors (Lipinski definition) is 5. The first-order chi connectivity index (χ1) is 15.5. The van der Waals surface area contributed by atoms with Gasteiger partial charge in [-0.15, -0.1) is 0 Å². The number of fused-ring (bicyclic) bond motifs is 5. The summed E-state index contributed by atoms with van der Waals surface area (Å²) < 4.78 is 11.5. The molecule has 6 nitrogen and oxygen atoms in total. The van der Waals surface area contributed by atoms with Gasteiger partial charge in [0.05, 0.1) is 35.2 Å². The van der Waals surface area contributed by atoms with Crippen molar-refractivity contribution in [3.63, 3.8) is 0 Å². The number of para-hydroxylation sites is 1. The summed E-state index contributed by atoms with van der Waals surface area (Å²) in [5.41, 5.74) is 1.41. The number of carbonyl (C=O) groups is 2. The summed E-state index contributed by atoms with van der Waals surface area (Å²) in [7, 11) is 1.54. The smallest absolute Gasteiger partial charge is 0.254 e. The zero-order valence-corrected chi connectivity index (χ0v) is 18.7. The molecule has 1 aliphatic heterocycles. The van der Waals surface area contributed by atoms with E-state index in [1.165, 1.54) is 6.21 Å². The van der Waals surface area contributed by atoms with Crippen LogP contribution in [0.15, 0.2) is 53.7 Å². The largest absolute Gasteiger partial charge is 0.493 e. The van der Waals surface area contributed by atoms with Crippen molar-refractivity contribution in [2.45, 2.75) is 13.0 Å². The van der Waals surface area contributed by atoms with Crippen LogP contribution >= 0.6 is 23.2 Å². The first kappa shape index (κ1) is 21.0. The fourth-order valence-electron chi connectivity index (χ4n) is 4.85. The summed E-state index contributed by atoms with van der Waals surface area (Å²) in [6, 6.07) is 10.6. The highest BCUT2D eigenvalue weighted by molar-refractivity contribution is 6.42. The highest BCUT2D eigenvalue weighted by Crippen LogP contribution is 2.52. The molecule has 4 atom stereocenters. The molecule has 2 fully saturated rings. The Balaban J connectivity index is 1.38. The number of allylic oxidation sites excluding steroid dienone is 2. The zero-order valence-electron chi connectivity index (χ0n) is 17.2. The minimum Gasteiger partial charge on any atom is -0.493 e. The quantitative estimate of drug-likeness (QED) is 0.347. The number of carbonyl (C=O) groups excluding carboxylic acids is 2. The van der Waals surface area contributed by atoms with Crippen molar-refractivity contribution in [1.29, 1.82) is 0 Å². The Bertz CT molecular complexity index is 1130. The monoisotopic (exact) mass is 470 g/mol. The van der Waals surface area contributed by atoms with Crippen LogP contribution in [0.1, 0.15) is 17.5 Å². The third-order valence-electron chi connectivity index (χ3n) is 6.36. The third kappa shape index (κ3) is 3.48. The van der Waals surface area contributed by atoms with Crippen LogP contribution in [0.3, 0.4) is 0 Å². The Morgan fingerprint density at radius 1 is 1.06 bits per heavy atom. The number of amides is 2. The minimum atomic E-state index is -0.287. The van der Waals surface area contributed by atoms with Crippen LogP contribution < -0.4 is 9.47 Å². The van der Waals surface area contributed by atoms with E-state index in [0.29, 0.717) is 27.1 Å². The van der Waals surface area contributed by atoms with E-state index in [1.54, 1.807) is 37.4 Å². The minimum absolute atomic E-state index is 0.142. The van der Waals surface area contributed by atoms with Crippen molar-refractivity contribution in [3.05, 3.63) is 69.7 Å². The molecule has 1 saturated carbocycles. The SMILES string of the molecule is COc1cccc(C=NN2C(=O)[C@@H]3[C@H](C2=O)[C@H]2C=C[C@H]3C2)c1OCc1ccc(Cl)c(Cl)c1. The van der Waals surface area contributed by atoms with Gasteiger partial charge in [0.2, 0.25) is 0 Å². The van der Waals surface area contributed by atoms with Crippen LogP contribution in [0, 0.1) is 23.7 Å². The van der Waals surface area contributed by atoms with Crippen LogP contribution in [0.25, 0.3) is 0 Å². The lowest BCUT2D eigenvalue weighted by Crippen LogP contribution is -2.28. The molecule has 8 heteroatoms. The van der Waals surface area contributed by atoms with E-state index in [-0.39, 0.29) is 42.1 Å². The molecule has 2 aromatic carbocycles. The van der Waals surface area contributed by atoms with Gasteiger partial charge in [-0.2, -0.15) is 10.1 Å². The molecule has 0 spiro atoms. The number of benzene rings is 2.